The summed E-state index contributed by atoms with van der Waals surface area (Å²) in [5, 5.41) is 11.5. The van der Waals surface area contributed by atoms with E-state index >= 15 is 0 Å². The number of piperidine rings is 2. The van der Waals surface area contributed by atoms with Crippen molar-refractivity contribution in [3.8, 4) is 0 Å². The molecule has 3 aliphatic rings. The van der Waals surface area contributed by atoms with Crippen LogP contribution in [-0.2, 0) is 25.3 Å². The lowest BCUT2D eigenvalue weighted by atomic mass is 9.45. The second kappa shape index (κ2) is 10.3. The molecule has 2 aromatic heterocycles. The Bertz CT molecular complexity index is 1140. The third-order valence-electron chi connectivity index (χ3n) is 9.59. The molecular formula is C28H38N6O4. The second-order valence-corrected chi connectivity index (χ2v) is 11.0. The normalized spacial score (nSPS) is 32.9. The fourth-order valence-electron chi connectivity index (χ4n) is 7.80. The first-order valence-corrected chi connectivity index (χ1v) is 13.8. The number of ether oxygens (including phenoxy) is 1. The van der Waals surface area contributed by atoms with Gasteiger partial charge in [-0.1, -0.05) is 25.7 Å². The molecule has 4 unspecified atom stereocenters. The largest absolute Gasteiger partial charge is 0.480 e. The molecule has 0 spiro atoms. The number of carbonyl (C=O) groups is 2. The molecule has 0 radical (unpaired) electrons. The highest BCUT2D eigenvalue weighted by atomic mass is 16.5. The summed E-state index contributed by atoms with van der Waals surface area (Å²) in [6, 6.07) is 0. The smallest absolute Gasteiger partial charge is 0.334 e. The molecule has 204 valence electrons. The number of esters is 1. The zero-order chi connectivity index (χ0) is 27.0. The van der Waals surface area contributed by atoms with Gasteiger partial charge < -0.3 is 9.84 Å². The van der Waals surface area contributed by atoms with Gasteiger partial charge in [-0.05, 0) is 58.7 Å². The summed E-state index contributed by atoms with van der Waals surface area (Å²) in [6.07, 6.45) is 15.2. The van der Waals surface area contributed by atoms with Gasteiger partial charge in [-0.15, -0.1) is 0 Å². The molecule has 4 heterocycles. The molecule has 0 amide bonds. The minimum Gasteiger partial charge on any atom is -0.480 e. The van der Waals surface area contributed by atoms with Crippen LogP contribution in [0, 0.1) is 11.8 Å². The molecule has 1 saturated carbocycles. The molecule has 0 bridgehead atoms. The fraction of sp³-hybridized carbons (Fsp3) is 0.643. The van der Waals surface area contributed by atoms with E-state index in [0.29, 0.717) is 31.0 Å². The average Bonchev–Trinajstić information content (AvgIpc) is 2.90. The predicted molar refractivity (Wildman–Crippen MR) is 139 cm³/mol. The zero-order valence-electron chi connectivity index (χ0n) is 22.5. The van der Waals surface area contributed by atoms with Crippen LogP contribution in [0.5, 0.6) is 0 Å². The average molecular weight is 523 g/mol. The van der Waals surface area contributed by atoms with Gasteiger partial charge in [0, 0.05) is 37.5 Å². The number of likely N-dealkylation sites (tertiary alicyclic amines) is 2. The van der Waals surface area contributed by atoms with Gasteiger partial charge in [0.15, 0.2) is 5.54 Å². The van der Waals surface area contributed by atoms with E-state index in [2.05, 4.69) is 19.9 Å². The van der Waals surface area contributed by atoms with Crippen LogP contribution in [0.3, 0.4) is 0 Å². The first kappa shape index (κ1) is 26.6. The van der Waals surface area contributed by atoms with E-state index in [1.165, 1.54) is 0 Å². The van der Waals surface area contributed by atoms with Gasteiger partial charge in [0.2, 0.25) is 0 Å². The predicted octanol–water partition coefficient (Wildman–Crippen LogP) is 2.65. The molecule has 1 N–H and O–H groups in total. The lowest BCUT2D eigenvalue weighted by molar-refractivity contribution is -0.217. The van der Waals surface area contributed by atoms with Crippen LogP contribution in [0.15, 0.2) is 37.2 Å². The van der Waals surface area contributed by atoms with E-state index in [9.17, 15) is 14.7 Å². The van der Waals surface area contributed by atoms with E-state index < -0.39 is 28.4 Å². The molecule has 5 rings (SSSR count). The summed E-state index contributed by atoms with van der Waals surface area (Å²) in [4.78, 5) is 50.9. The number of hydrogen-bond acceptors (Lipinski definition) is 9. The number of carbonyl (C=O) groups excluding carboxylic acids is 1. The molecule has 2 aromatic rings. The fourth-order valence-corrected chi connectivity index (χ4v) is 7.80. The van der Waals surface area contributed by atoms with Gasteiger partial charge in [0.05, 0.1) is 29.7 Å². The second-order valence-electron chi connectivity index (χ2n) is 11.0. The van der Waals surface area contributed by atoms with Crippen molar-refractivity contribution in [1.29, 1.82) is 0 Å². The third-order valence-corrected chi connectivity index (χ3v) is 9.59. The summed E-state index contributed by atoms with van der Waals surface area (Å²) in [5.74, 6) is -1.63. The van der Waals surface area contributed by atoms with Crippen LogP contribution in [0.25, 0.3) is 0 Å². The SMILES string of the molecule is CCOC(=O)C1(c2cnccn2)N(C)CC(C2CCC2)C(C(=O)O)(c2cnccn2)C1(C)N1CCCCC1. The molecule has 0 aromatic carbocycles. The van der Waals surface area contributed by atoms with Gasteiger partial charge in [0.25, 0.3) is 0 Å². The van der Waals surface area contributed by atoms with Crippen molar-refractivity contribution >= 4 is 11.9 Å². The number of carboxylic acid groups (broad SMARTS) is 1. The quantitative estimate of drug-likeness (QED) is 0.543. The number of nitrogens with zero attached hydrogens (tertiary/aromatic N) is 6. The Morgan fingerprint density at radius 1 is 1.00 bits per heavy atom. The Labute approximate surface area is 223 Å². The minimum atomic E-state index is -1.57. The Morgan fingerprint density at radius 2 is 1.63 bits per heavy atom. The Kier molecular flexibility index (Phi) is 7.21. The van der Waals surface area contributed by atoms with Crippen LogP contribution in [0.4, 0.5) is 0 Å². The van der Waals surface area contributed by atoms with Gasteiger partial charge in [-0.3, -0.25) is 34.5 Å². The summed E-state index contributed by atoms with van der Waals surface area (Å²) in [6.45, 7) is 5.53. The van der Waals surface area contributed by atoms with Crippen molar-refractivity contribution in [2.75, 3.05) is 33.3 Å². The Hall–Kier alpha value is -2.98. The van der Waals surface area contributed by atoms with Gasteiger partial charge in [-0.25, -0.2) is 4.79 Å². The highest BCUT2D eigenvalue weighted by molar-refractivity contribution is 5.91. The number of likely N-dealkylation sites (N-methyl/N-ethyl adjacent to an activating group) is 1. The van der Waals surface area contributed by atoms with Gasteiger partial charge >= 0.3 is 11.9 Å². The zero-order valence-corrected chi connectivity index (χ0v) is 22.5. The van der Waals surface area contributed by atoms with Gasteiger partial charge in [-0.2, -0.15) is 0 Å². The number of carboxylic acids is 1. The summed E-state index contributed by atoms with van der Waals surface area (Å²) in [7, 11) is 1.90. The molecule has 10 nitrogen and oxygen atoms in total. The lowest BCUT2D eigenvalue weighted by Gasteiger charge is -2.68. The Balaban J connectivity index is 1.93. The number of hydrogen-bond donors (Lipinski definition) is 1. The lowest BCUT2D eigenvalue weighted by Crippen LogP contribution is -2.85. The maximum atomic E-state index is 14.5. The van der Waals surface area contributed by atoms with Crippen LogP contribution in [0.2, 0.25) is 0 Å². The van der Waals surface area contributed by atoms with E-state index in [4.69, 9.17) is 9.72 Å². The van der Waals surface area contributed by atoms with Crippen molar-refractivity contribution in [2.24, 2.45) is 11.8 Å². The summed E-state index contributed by atoms with van der Waals surface area (Å²) >= 11 is 0. The highest BCUT2D eigenvalue weighted by Gasteiger charge is 2.79. The van der Waals surface area contributed by atoms with Crippen molar-refractivity contribution in [2.45, 2.75) is 68.9 Å². The van der Waals surface area contributed by atoms with Crippen molar-refractivity contribution in [3.05, 3.63) is 48.6 Å². The van der Waals surface area contributed by atoms with Crippen molar-refractivity contribution in [1.82, 2.24) is 29.7 Å². The van der Waals surface area contributed by atoms with Crippen LogP contribution in [0.1, 0.15) is 63.8 Å². The first-order chi connectivity index (χ1) is 18.4. The van der Waals surface area contributed by atoms with E-state index in [0.717, 1.165) is 38.5 Å². The van der Waals surface area contributed by atoms with Crippen LogP contribution < -0.4 is 0 Å². The molecule has 4 atom stereocenters. The van der Waals surface area contributed by atoms with Crippen LogP contribution >= 0.6 is 0 Å². The molecule has 10 heteroatoms. The summed E-state index contributed by atoms with van der Waals surface area (Å²) < 4.78 is 5.84. The Morgan fingerprint density at radius 3 is 2.13 bits per heavy atom. The minimum absolute atomic E-state index is 0.155. The molecule has 3 fully saturated rings. The molecule has 1 aliphatic carbocycles. The maximum absolute atomic E-state index is 14.5. The third kappa shape index (κ3) is 3.52. The molecular weight excluding hydrogens is 484 g/mol. The summed E-state index contributed by atoms with van der Waals surface area (Å²) in [5.41, 5.74) is -3.71. The van der Waals surface area contributed by atoms with Crippen molar-refractivity contribution in [3.63, 3.8) is 0 Å². The molecule has 2 saturated heterocycles. The van der Waals surface area contributed by atoms with Gasteiger partial charge in [0.1, 0.15) is 5.41 Å². The van der Waals surface area contributed by atoms with Crippen molar-refractivity contribution < 1.29 is 19.4 Å². The van der Waals surface area contributed by atoms with E-state index in [1.807, 2.05) is 18.9 Å². The number of aliphatic carboxylic acids is 1. The number of rotatable bonds is 7. The monoisotopic (exact) mass is 522 g/mol. The topological polar surface area (TPSA) is 122 Å². The molecule has 2 aliphatic heterocycles. The highest BCUT2D eigenvalue weighted by Crippen LogP contribution is 2.62. The van der Waals surface area contributed by atoms with E-state index in [-0.39, 0.29) is 18.4 Å². The molecule has 38 heavy (non-hydrogen) atoms. The van der Waals surface area contributed by atoms with E-state index in [1.54, 1.807) is 44.1 Å². The first-order valence-electron chi connectivity index (χ1n) is 13.8. The number of aromatic nitrogens is 4. The standard InChI is InChI=1S/C28H38N6O4/c1-4-38-25(37)28(23-18-30-12-14-32-23)26(2,34-15-6-5-7-16-34)27(24(35)36,22-17-29-11-13-31-22)21(19-33(28)3)20-9-8-10-20/h11-14,17-18,20-21H,4-10,15-16,19H2,1-3H3,(H,35,36). The van der Waals surface area contributed by atoms with Crippen LogP contribution in [-0.4, -0.2) is 85.6 Å². The maximum Gasteiger partial charge on any atom is 0.334 e.